The molecule has 3 N–H and O–H groups in total. The Labute approximate surface area is 193 Å². The summed E-state index contributed by atoms with van der Waals surface area (Å²) in [6.07, 6.45) is 1.64. The molecular weight excluding hydrogens is 444 g/mol. The molecule has 1 unspecified atom stereocenters. The molecule has 1 fully saturated rings. The van der Waals surface area contributed by atoms with Crippen LogP contribution in [0.4, 0.5) is 9.59 Å². The third-order valence-corrected chi connectivity index (χ3v) is 6.71. The van der Waals surface area contributed by atoms with Crippen molar-refractivity contribution in [2.45, 2.75) is 37.6 Å². The van der Waals surface area contributed by atoms with Crippen molar-refractivity contribution in [2.24, 2.45) is 5.92 Å². The number of benzene rings is 2. The summed E-state index contributed by atoms with van der Waals surface area (Å²) in [5.74, 6) is 0.127. The summed E-state index contributed by atoms with van der Waals surface area (Å²) in [5.41, 5.74) is 1.65. The molecule has 33 heavy (non-hydrogen) atoms. The van der Waals surface area contributed by atoms with Crippen molar-refractivity contribution in [1.82, 2.24) is 20.3 Å². The zero-order chi connectivity index (χ0) is 23.8. The molecule has 1 heterocycles. The molecule has 0 spiro atoms. The lowest BCUT2D eigenvalue weighted by molar-refractivity contribution is -0.131. The maximum absolute atomic E-state index is 12.4. The van der Waals surface area contributed by atoms with E-state index in [4.69, 9.17) is 0 Å². The average molecular weight is 473 g/mol. The number of carbonyl (C=O) groups is 3. The SMILES string of the molecule is CC1CCN(C(=O)NCCc2ccc(S(=O)(=O)NC(=O)NCc3ccccc3)cc2)C(=O)C1. The first-order valence-corrected chi connectivity index (χ1v) is 12.2. The van der Waals surface area contributed by atoms with Crippen molar-refractivity contribution >= 4 is 28.0 Å². The molecule has 2 aromatic rings. The van der Waals surface area contributed by atoms with Crippen LogP contribution in [0.1, 0.15) is 30.9 Å². The lowest BCUT2D eigenvalue weighted by Crippen LogP contribution is -2.48. The second-order valence-electron chi connectivity index (χ2n) is 8.04. The summed E-state index contributed by atoms with van der Waals surface area (Å²) < 4.78 is 26.9. The number of urea groups is 2. The molecule has 0 saturated carbocycles. The maximum atomic E-state index is 12.4. The number of imide groups is 1. The van der Waals surface area contributed by atoms with Crippen LogP contribution < -0.4 is 15.4 Å². The number of rotatable bonds is 7. The fourth-order valence-corrected chi connectivity index (χ4v) is 4.37. The van der Waals surface area contributed by atoms with Crippen LogP contribution in [-0.4, -0.2) is 44.4 Å². The molecule has 176 valence electrons. The second kappa shape index (κ2) is 11.0. The molecule has 0 bridgehead atoms. The van der Waals surface area contributed by atoms with E-state index < -0.39 is 22.1 Å². The topological polar surface area (TPSA) is 125 Å². The average Bonchev–Trinajstić information content (AvgIpc) is 2.78. The van der Waals surface area contributed by atoms with Gasteiger partial charge in [-0.25, -0.2) is 22.7 Å². The van der Waals surface area contributed by atoms with Gasteiger partial charge >= 0.3 is 12.1 Å². The zero-order valence-corrected chi connectivity index (χ0v) is 19.2. The first kappa shape index (κ1) is 24.2. The van der Waals surface area contributed by atoms with E-state index in [9.17, 15) is 22.8 Å². The molecule has 1 aliphatic rings. The van der Waals surface area contributed by atoms with E-state index in [2.05, 4.69) is 10.6 Å². The minimum atomic E-state index is -4.02. The van der Waals surface area contributed by atoms with Crippen molar-refractivity contribution in [3.8, 4) is 0 Å². The molecule has 0 aliphatic carbocycles. The van der Waals surface area contributed by atoms with Gasteiger partial charge in [0.05, 0.1) is 4.90 Å². The predicted molar refractivity (Wildman–Crippen MR) is 123 cm³/mol. The summed E-state index contributed by atoms with van der Waals surface area (Å²) >= 11 is 0. The van der Waals surface area contributed by atoms with Gasteiger partial charge in [-0.1, -0.05) is 49.4 Å². The highest BCUT2D eigenvalue weighted by Crippen LogP contribution is 2.17. The number of hydrogen-bond acceptors (Lipinski definition) is 5. The molecule has 2 aromatic carbocycles. The number of sulfonamides is 1. The molecule has 1 aliphatic heterocycles. The molecule has 9 nitrogen and oxygen atoms in total. The Morgan fingerprint density at radius 1 is 1.00 bits per heavy atom. The molecular formula is C23H28N4O5S. The van der Waals surface area contributed by atoms with E-state index >= 15 is 0 Å². The number of likely N-dealkylation sites (tertiary alicyclic amines) is 1. The van der Waals surface area contributed by atoms with Crippen molar-refractivity contribution in [2.75, 3.05) is 13.1 Å². The van der Waals surface area contributed by atoms with Gasteiger partial charge in [-0.05, 0) is 42.0 Å². The highest BCUT2D eigenvalue weighted by Gasteiger charge is 2.27. The normalized spacial score (nSPS) is 16.2. The fraction of sp³-hybridized carbons (Fsp3) is 0.348. The number of nitrogens with one attached hydrogen (secondary N) is 3. The van der Waals surface area contributed by atoms with Crippen LogP contribution in [0, 0.1) is 5.92 Å². The molecule has 3 rings (SSSR count). The Bertz CT molecular complexity index is 1090. The lowest BCUT2D eigenvalue weighted by atomic mass is 9.99. The summed E-state index contributed by atoms with van der Waals surface area (Å²) in [7, 11) is -4.02. The third kappa shape index (κ3) is 7.04. The van der Waals surface area contributed by atoms with Gasteiger partial charge in [0.15, 0.2) is 0 Å². The highest BCUT2D eigenvalue weighted by molar-refractivity contribution is 7.90. The van der Waals surface area contributed by atoms with Gasteiger partial charge < -0.3 is 10.6 Å². The third-order valence-electron chi connectivity index (χ3n) is 5.36. The summed E-state index contributed by atoms with van der Waals surface area (Å²) in [6, 6.07) is 14.0. The molecule has 1 saturated heterocycles. The summed E-state index contributed by atoms with van der Waals surface area (Å²) in [5, 5.41) is 5.24. The van der Waals surface area contributed by atoms with Gasteiger partial charge in [0.2, 0.25) is 5.91 Å². The van der Waals surface area contributed by atoms with E-state index in [0.717, 1.165) is 17.5 Å². The Morgan fingerprint density at radius 3 is 2.36 bits per heavy atom. The minimum absolute atomic E-state index is 0.0434. The smallest absolute Gasteiger partial charge is 0.328 e. The molecule has 0 radical (unpaired) electrons. The largest absolute Gasteiger partial charge is 0.337 e. The van der Waals surface area contributed by atoms with E-state index in [1.807, 2.05) is 42.0 Å². The fourth-order valence-electron chi connectivity index (χ4n) is 3.44. The van der Waals surface area contributed by atoms with Crippen LogP contribution in [0.5, 0.6) is 0 Å². The van der Waals surface area contributed by atoms with Crippen LogP contribution in [0.15, 0.2) is 59.5 Å². The van der Waals surface area contributed by atoms with Crippen LogP contribution >= 0.6 is 0 Å². The molecule has 0 aromatic heterocycles. The van der Waals surface area contributed by atoms with E-state index in [1.54, 1.807) is 12.1 Å². The predicted octanol–water partition coefficient (Wildman–Crippen LogP) is 2.39. The van der Waals surface area contributed by atoms with E-state index in [0.29, 0.717) is 31.8 Å². The molecule has 1 atom stereocenters. The number of carbonyl (C=O) groups excluding carboxylic acids is 3. The van der Waals surface area contributed by atoms with Gasteiger partial charge in [0.1, 0.15) is 0 Å². The maximum Gasteiger partial charge on any atom is 0.328 e. The Balaban J connectivity index is 1.46. The van der Waals surface area contributed by atoms with Gasteiger partial charge in [0, 0.05) is 26.1 Å². The van der Waals surface area contributed by atoms with Gasteiger partial charge in [-0.2, -0.15) is 0 Å². The first-order valence-electron chi connectivity index (χ1n) is 10.8. The van der Waals surface area contributed by atoms with E-state index in [-0.39, 0.29) is 17.3 Å². The highest BCUT2D eigenvalue weighted by atomic mass is 32.2. The van der Waals surface area contributed by atoms with Crippen LogP contribution in [0.2, 0.25) is 0 Å². The number of hydrogen-bond donors (Lipinski definition) is 3. The number of nitrogens with zero attached hydrogens (tertiary/aromatic N) is 1. The second-order valence-corrected chi connectivity index (χ2v) is 9.73. The zero-order valence-electron chi connectivity index (χ0n) is 18.4. The van der Waals surface area contributed by atoms with Crippen molar-refractivity contribution in [1.29, 1.82) is 0 Å². The minimum Gasteiger partial charge on any atom is -0.337 e. The van der Waals surface area contributed by atoms with Crippen LogP contribution in [-0.2, 0) is 27.8 Å². The van der Waals surface area contributed by atoms with Crippen LogP contribution in [0.3, 0.4) is 0 Å². The number of amides is 5. The standard InChI is InChI=1S/C23H28N4O5S/c1-17-12-14-27(21(28)15-17)23(30)24-13-11-18-7-9-20(10-8-18)33(31,32)26-22(29)25-16-19-5-3-2-4-6-19/h2-10,17H,11-16H2,1H3,(H,24,30)(H2,25,26,29). The van der Waals surface area contributed by atoms with Gasteiger partial charge in [-0.15, -0.1) is 0 Å². The van der Waals surface area contributed by atoms with Gasteiger partial charge in [0.25, 0.3) is 10.0 Å². The monoisotopic (exact) mass is 472 g/mol. The Morgan fingerprint density at radius 2 is 1.70 bits per heavy atom. The van der Waals surface area contributed by atoms with Crippen molar-refractivity contribution in [3.63, 3.8) is 0 Å². The quantitative estimate of drug-likeness (QED) is 0.571. The van der Waals surface area contributed by atoms with Gasteiger partial charge in [-0.3, -0.25) is 9.69 Å². The first-order chi connectivity index (χ1) is 15.7. The summed E-state index contributed by atoms with van der Waals surface area (Å²) in [4.78, 5) is 37.4. The Hall–Kier alpha value is -3.40. The Kier molecular flexibility index (Phi) is 8.05. The molecule has 5 amide bonds. The van der Waals surface area contributed by atoms with Crippen LogP contribution in [0.25, 0.3) is 0 Å². The lowest BCUT2D eigenvalue weighted by Gasteiger charge is -2.28. The number of piperidine rings is 1. The molecule has 10 heteroatoms. The van der Waals surface area contributed by atoms with Crippen molar-refractivity contribution in [3.05, 3.63) is 65.7 Å². The van der Waals surface area contributed by atoms with Crippen molar-refractivity contribution < 1.29 is 22.8 Å². The summed E-state index contributed by atoms with van der Waals surface area (Å²) in [6.45, 7) is 2.92. The van der Waals surface area contributed by atoms with E-state index in [1.165, 1.54) is 17.0 Å².